The first-order chi connectivity index (χ1) is 9.99. The Kier molecular flexibility index (Phi) is 5.24. The van der Waals surface area contributed by atoms with Crippen molar-refractivity contribution in [2.24, 2.45) is 10.2 Å². The SMILES string of the molecule is FC(F)(F)C1(c2cccc(OCCCCCCBr)c2)N=N1. The second-order valence-electron chi connectivity index (χ2n) is 4.85. The van der Waals surface area contributed by atoms with Gasteiger partial charge in [-0.25, -0.2) is 0 Å². The Morgan fingerprint density at radius 2 is 1.81 bits per heavy atom. The lowest BCUT2D eigenvalue weighted by atomic mass is 10.0. The van der Waals surface area contributed by atoms with E-state index in [-0.39, 0.29) is 5.56 Å². The van der Waals surface area contributed by atoms with E-state index in [0.717, 1.165) is 31.0 Å². The molecule has 7 heteroatoms. The molecule has 0 radical (unpaired) electrons. The van der Waals surface area contributed by atoms with Gasteiger partial charge in [0, 0.05) is 10.9 Å². The minimum atomic E-state index is -4.50. The van der Waals surface area contributed by atoms with Gasteiger partial charge in [0.1, 0.15) is 5.75 Å². The molecule has 0 aliphatic carbocycles. The van der Waals surface area contributed by atoms with Gasteiger partial charge < -0.3 is 4.74 Å². The number of alkyl halides is 4. The summed E-state index contributed by atoms with van der Waals surface area (Å²) in [5.41, 5.74) is -2.37. The van der Waals surface area contributed by atoms with Crippen LogP contribution in [0.1, 0.15) is 31.2 Å². The van der Waals surface area contributed by atoms with Gasteiger partial charge in [0.2, 0.25) is 0 Å². The van der Waals surface area contributed by atoms with Crippen LogP contribution in [-0.4, -0.2) is 18.1 Å². The Labute approximate surface area is 129 Å². The van der Waals surface area contributed by atoms with Crippen molar-refractivity contribution in [3.63, 3.8) is 0 Å². The molecule has 1 aromatic rings. The van der Waals surface area contributed by atoms with E-state index in [1.165, 1.54) is 18.2 Å². The van der Waals surface area contributed by atoms with Crippen molar-refractivity contribution >= 4 is 15.9 Å². The van der Waals surface area contributed by atoms with Gasteiger partial charge in [-0.05, 0) is 25.0 Å². The van der Waals surface area contributed by atoms with Gasteiger partial charge in [0.05, 0.1) is 6.61 Å². The van der Waals surface area contributed by atoms with Gasteiger partial charge in [0.25, 0.3) is 0 Å². The van der Waals surface area contributed by atoms with Gasteiger partial charge in [0.15, 0.2) is 0 Å². The van der Waals surface area contributed by atoms with Gasteiger partial charge in [-0.1, -0.05) is 40.9 Å². The summed E-state index contributed by atoms with van der Waals surface area (Å²) in [6.07, 6.45) is -0.337. The molecule has 0 aromatic heterocycles. The molecule has 2 rings (SSSR count). The maximum Gasteiger partial charge on any atom is 0.442 e. The molecule has 0 amide bonds. The lowest BCUT2D eigenvalue weighted by molar-refractivity contribution is -0.166. The first-order valence-electron chi connectivity index (χ1n) is 6.80. The molecule has 0 spiro atoms. The van der Waals surface area contributed by atoms with E-state index in [4.69, 9.17) is 4.74 Å². The quantitative estimate of drug-likeness (QED) is 0.460. The lowest BCUT2D eigenvalue weighted by Gasteiger charge is -2.15. The van der Waals surface area contributed by atoms with Crippen LogP contribution in [0.5, 0.6) is 5.75 Å². The van der Waals surface area contributed by atoms with Crippen LogP contribution < -0.4 is 4.74 Å². The molecular formula is C14H16BrF3N2O. The van der Waals surface area contributed by atoms with E-state index in [9.17, 15) is 13.2 Å². The summed E-state index contributed by atoms with van der Waals surface area (Å²) < 4.78 is 44.2. The van der Waals surface area contributed by atoms with Gasteiger partial charge in [-0.2, -0.15) is 13.2 Å². The highest BCUT2D eigenvalue weighted by Crippen LogP contribution is 2.52. The summed E-state index contributed by atoms with van der Waals surface area (Å²) in [4.78, 5) is 0. The summed E-state index contributed by atoms with van der Waals surface area (Å²) in [6, 6.07) is 5.92. The van der Waals surface area contributed by atoms with Crippen LogP contribution in [0.25, 0.3) is 0 Å². The standard InChI is InChI=1S/C14H16BrF3N2O/c15-8-3-1-2-4-9-21-12-7-5-6-11(10-12)13(19-20-13)14(16,17)18/h5-7,10H,1-4,8-9H2. The molecule has 116 valence electrons. The smallest absolute Gasteiger partial charge is 0.442 e. The van der Waals surface area contributed by atoms with Crippen molar-refractivity contribution in [2.45, 2.75) is 37.5 Å². The monoisotopic (exact) mass is 364 g/mol. The fourth-order valence-corrected chi connectivity index (χ4v) is 2.38. The van der Waals surface area contributed by atoms with E-state index in [1.54, 1.807) is 6.07 Å². The number of benzene rings is 1. The largest absolute Gasteiger partial charge is 0.494 e. The van der Waals surface area contributed by atoms with Gasteiger partial charge in [-0.3, -0.25) is 0 Å². The van der Waals surface area contributed by atoms with Crippen LogP contribution in [0.3, 0.4) is 0 Å². The Bertz CT molecular complexity index is 499. The zero-order valence-corrected chi connectivity index (χ0v) is 13.0. The van der Waals surface area contributed by atoms with Gasteiger partial charge in [-0.15, -0.1) is 10.2 Å². The highest BCUT2D eigenvalue weighted by atomic mass is 79.9. The molecule has 0 N–H and O–H groups in total. The molecule has 0 saturated heterocycles. The second kappa shape index (κ2) is 6.77. The molecule has 1 aliphatic heterocycles. The zero-order valence-electron chi connectivity index (χ0n) is 11.4. The molecule has 1 aliphatic rings. The van der Waals surface area contributed by atoms with Crippen molar-refractivity contribution in [2.75, 3.05) is 11.9 Å². The van der Waals surface area contributed by atoms with Crippen molar-refractivity contribution in [1.29, 1.82) is 0 Å². The number of hydrogen-bond donors (Lipinski definition) is 0. The molecule has 1 aromatic carbocycles. The third kappa shape index (κ3) is 3.96. The van der Waals surface area contributed by atoms with E-state index in [0.29, 0.717) is 12.4 Å². The van der Waals surface area contributed by atoms with Crippen LogP contribution in [-0.2, 0) is 5.66 Å². The predicted octanol–water partition coefficient (Wildman–Crippen LogP) is 5.20. The van der Waals surface area contributed by atoms with E-state index in [2.05, 4.69) is 26.2 Å². The van der Waals surface area contributed by atoms with E-state index < -0.39 is 11.8 Å². The zero-order chi connectivity index (χ0) is 15.3. The van der Waals surface area contributed by atoms with E-state index in [1.807, 2.05) is 0 Å². The molecule has 1 heterocycles. The number of rotatable bonds is 8. The molecule has 0 bridgehead atoms. The Balaban J connectivity index is 1.88. The minimum absolute atomic E-state index is 0.00629. The van der Waals surface area contributed by atoms with Crippen LogP contribution in [0.4, 0.5) is 13.2 Å². The molecule has 21 heavy (non-hydrogen) atoms. The average molecular weight is 365 g/mol. The summed E-state index contributed by atoms with van der Waals surface area (Å²) in [5.74, 6) is 0.425. The normalized spacial score (nSPS) is 16.0. The second-order valence-corrected chi connectivity index (χ2v) is 5.64. The average Bonchev–Trinajstić information content (AvgIpc) is 3.24. The Morgan fingerprint density at radius 1 is 1.10 bits per heavy atom. The summed E-state index contributed by atoms with van der Waals surface area (Å²) in [6.45, 7) is 0.499. The molecule has 3 nitrogen and oxygen atoms in total. The maximum atomic E-state index is 12.9. The molecule has 0 fully saturated rings. The fraction of sp³-hybridized carbons (Fsp3) is 0.571. The number of unbranched alkanes of at least 4 members (excludes halogenated alkanes) is 3. The van der Waals surface area contributed by atoms with Crippen LogP contribution in [0.2, 0.25) is 0 Å². The first kappa shape index (κ1) is 16.3. The van der Waals surface area contributed by atoms with Crippen molar-refractivity contribution in [1.82, 2.24) is 0 Å². The highest BCUT2D eigenvalue weighted by molar-refractivity contribution is 9.09. The molecule has 0 saturated carbocycles. The minimum Gasteiger partial charge on any atom is -0.494 e. The Morgan fingerprint density at radius 3 is 2.43 bits per heavy atom. The summed E-state index contributed by atoms with van der Waals surface area (Å²) in [5, 5.41) is 7.36. The number of hydrogen-bond acceptors (Lipinski definition) is 3. The molecular weight excluding hydrogens is 349 g/mol. The number of nitrogens with zero attached hydrogens (tertiary/aromatic N) is 2. The van der Waals surface area contributed by atoms with Crippen LogP contribution in [0, 0.1) is 0 Å². The van der Waals surface area contributed by atoms with Crippen molar-refractivity contribution in [3.8, 4) is 5.75 Å². The third-order valence-corrected chi connectivity index (χ3v) is 3.79. The van der Waals surface area contributed by atoms with Crippen molar-refractivity contribution in [3.05, 3.63) is 29.8 Å². The third-order valence-electron chi connectivity index (χ3n) is 3.23. The topological polar surface area (TPSA) is 34.0 Å². The molecule has 0 unspecified atom stereocenters. The fourth-order valence-electron chi connectivity index (χ4n) is 1.99. The Hall–Kier alpha value is -1.11. The summed E-state index contributed by atoms with van der Waals surface area (Å²) in [7, 11) is 0. The number of ether oxygens (including phenoxy) is 1. The first-order valence-corrected chi connectivity index (χ1v) is 7.92. The van der Waals surface area contributed by atoms with Crippen LogP contribution >= 0.6 is 15.9 Å². The maximum absolute atomic E-state index is 12.9. The van der Waals surface area contributed by atoms with Crippen LogP contribution in [0.15, 0.2) is 34.5 Å². The number of halogens is 4. The summed E-state index contributed by atoms with van der Waals surface area (Å²) >= 11 is 3.36. The molecule has 0 atom stereocenters. The highest BCUT2D eigenvalue weighted by Gasteiger charge is 2.65. The van der Waals surface area contributed by atoms with E-state index >= 15 is 0 Å². The van der Waals surface area contributed by atoms with Crippen molar-refractivity contribution < 1.29 is 17.9 Å². The predicted molar refractivity (Wildman–Crippen MR) is 76.8 cm³/mol. The van der Waals surface area contributed by atoms with Gasteiger partial charge >= 0.3 is 11.8 Å². The lowest BCUT2D eigenvalue weighted by Crippen LogP contribution is -2.30.